The Morgan fingerprint density at radius 1 is 1.43 bits per heavy atom. The second-order valence-corrected chi connectivity index (χ2v) is 2.94. The second kappa shape index (κ2) is 4.36. The highest BCUT2D eigenvalue weighted by Gasteiger charge is 2.03. The summed E-state index contributed by atoms with van der Waals surface area (Å²) in [5, 5.41) is 16.0. The Bertz CT molecular complexity index is 344. The summed E-state index contributed by atoms with van der Waals surface area (Å²) >= 11 is 0. The van der Waals surface area contributed by atoms with Crippen LogP contribution in [0.2, 0.25) is 0 Å². The molecule has 0 bridgehead atoms. The third-order valence-electron chi connectivity index (χ3n) is 1.47. The van der Waals surface area contributed by atoms with Crippen molar-refractivity contribution in [1.82, 2.24) is 15.1 Å². The van der Waals surface area contributed by atoms with Gasteiger partial charge in [-0.2, -0.15) is 0 Å². The molecule has 5 nitrogen and oxygen atoms in total. The van der Waals surface area contributed by atoms with E-state index in [1.807, 2.05) is 0 Å². The molecule has 1 N–H and O–H groups in total. The number of hydrogen-bond donors (Lipinski definition) is 1. The Kier molecular flexibility index (Phi) is 3.17. The van der Waals surface area contributed by atoms with Crippen molar-refractivity contribution in [2.24, 2.45) is 0 Å². The Morgan fingerprint density at radius 2 is 2.14 bits per heavy atom. The van der Waals surface area contributed by atoms with Crippen molar-refractivity contribution < 1.29 is 9.90 Å². The quantitative estimate of drug-likeness (QED) is 0.551. The van der Waals surface area contributed by atoms with Crippen LogP contribution in [0.25, 0.3) is 5.57 Å². The molecule has 0 spiro atoms. The molecule has 1 aromatic heterocycles. The standard InChI is InChI=1S/C9H11N3O2/c1-12(2)5-7(6-13)8-3-4-9(14)11-10-8/h3-6H,1-2H3,(H,11,14). The molecule has 5 heteroatoms. The van der Waals surface area contributed by atoms with E-state index in [-0.39, 0.29) is 5.88 Å². The summed E-state index contributed by atoms with van der Waals surface area (Å²) in [6, 6.07) is 2.92. The summed E-state index contributed by atoms with van der Waals surface area (Å²) in [5.41, 5.74) is 0.856. The molecule has 74 valence electrons. The van der Waals surface area contributed by atoms with Gasteiger partial charge in [0.15, 0.2) is 6.29 Å². The lowest BCUT2D eigenvalue weighted by atomic mass is 10.2. The minimum Gasteiger partial charge on any atom is -0.492 e. The van der Waals surface area contributed by atoms with E-state index >= 15 is 0 Å². The van der Waals surface area contributed by atoms with Crippen molar-refractivity contribution in [3.05, 3.63) is 24.0 Å². The van der Waals surface area contributed by atoms with Gasteiger partial charge in [0.25, 0.3) is 0 Å². The highest BCUT2D eigenvalue weighted by molar-refractivity contribution is 6.05. The zero-order chi connectivity index (χ0) is 10.6. The molecule has 0 atom stereocenters. The lowest BCUT2D eigenvalue weighted by Crippen LogP contribution is -2.04. The van der Waals surface area contributed by atoms with Crippen LogP contribution in [0.1, 0.15) is 5.69 Å². The highest BCUT2D eigenvalue weighted by Crippen LogP contribution is 2.10. The Morgan fingerprint density at radius 3 is 2.57 bits per heavy atom. The van der Waals surface area contributed by atoms with Crippen LogP contribution in [0.5, 0.6) is 5.88 Å². The van der Waals surface area contributed by atoms with Gasteiger partial charge in [-0.25, -0.2) is 0 Å². The van der Waals surface area contributed by atoms with Gasteiger partial charge in [0, 0.05) is 26.4 Å². The molecule has 0 fully saturated rings. The number of nitrogens with zero attached hydrogens (tertiary/aromatic N) is 3. The zero-order valence-electron chi connectivity index (χ0n) is 8.01. The van der Waals surface area contributed by atoms with Gasteiger partial charge in [-0.05, 0) is 6.07 Å². The zero-order valence-corrected chi connectivity index (χ0v) is 8.01. The number of allylic oxidation sites excluding steroid dienone is 1. The van der Waals surface area contributed by atoms with E-state index in [1.54, 1.807) is 25.2 Å². The largest absolute Gasteiger partial charge is 0.492 e. The van der Waals surface area contributed by atoms with Crippen LogP contribution in [0, 0.1) is 0 Å². The minimum atomic E-state index is -0.163. The number of aromatic hydroxyl groups is 1. The molecule has 0 unspecified atom stereocenters. The van der Waals surface area contributed by atoms with Crippen LogP contribution < -0.4 is 0 Å². The number of aldehydes is 1. The van der Waals surface area contributed by atoms with E-state index in [9.17, 15) is 4.79 Å². The molecule has 0 aliphatic rings. The van der Waals surface area contributed by atoms with Crippen molar-refractivity contribution >= 4 is 11.9 Å². The minimum absolute atomic E-state index is 0.163. The van der Waals surface area contributed by atoms with E-state index in [0.717, 1.165) is 0 Å². The third kappa shape index (κ3) is 2.55. The molecule has 1 heterocycles. The molecule has 0 aliphatic carbocycles. The van der Waals surface area contributed by atoms with Gasteiger partial charge in [0.1, 0.15) is 0 Å². The molecule has 1 aromatic rings. The number of hydrogen-bond acceptors (Lipinski definition) is 5. The smallest absolute Gasteiger partial charge is 0.230 e. The summed E-state index contributed by atoms with van der Waals surface area (Å²) < 4.78 is 0. The highest BCUT2D eigenvalue weighted by atomic mass is 16.3. The van der Waals surface area contributed by atoms with E-state index in [1.165, 1.54) is 12.1 Å². The number of aromatic nitrogens is 2. The maximum absolute atomic E-state index is 10.7. The molecule has 0 saturated heterocycles. The van der Waals surface area contributed by atoms with Crippen molar-refractivity contribution in [3.8, 4) is 5.88 Å². The van der Waals surface area contributed by atoms with Gasteiger partial charge >= 0.3 is 0 Å². The maximum atomic E-state index is 10.7. The summed E-state index contributed by atoms with van der Waals surface area (Å²) in [4.78, 5) is 12.4. The molecule has 1 rings (SSSR count). The first kappa shape index (κ1) is 10.2. The number of rotatable bonds is 3. The first-order chi connectivity index (χ1) is 6.63. The molecule has 0 radical (unpaired) electrons. The van der Waals surface area contributed by atoms with Gasteiger partial charge in [0.2, 0.25) is 5.88 Å². The molecule has 0 amide bonds. The summed E-state index contributed by atoms with van der Waals surface area (Å²) in [7, 11) is 3.61. The van der Waals surface area contributed by atoms with Gasteiger partial charge in [-0.3, -0.25) is 4.79 Å². The molecule has 0 aromatic carbocycles. The van der Waals surface area contributed by atoms with Crippen molar-refractivity contribution in [2.75, 3.05) is 14.1 Å². The Labute approximate surface area is 81.7 Å². The van der Waals surface area contributed by atoms with Crippen molar-refractivity contribution in [3.63, 3.8) is 0 Å². The summed E-state index contributed by atoms with van der Waals surface area (Å²) in [5.74, 6) is -0.163. The van der Waals surface area contributed by atoms with Crippen LogP contribution in [0.15, 0.2) is 18.3 Å². The molecule has 0 saturated carbocycles. The fourth-order valence-electron chi connectivity index (χ4n) is 0.914. The maximum Gasteiger partial charge on any atom is 0.230 e. The number of carbonyl (C=O) groups is 1. The van der Waals surface area contributed by atoms with E-state index in [2.05, 4.69) is 10.2 Å². The van der Waals surface area contributed by atoms with E-state index in [4.69, 9.17) is 5.11 Å². The lowest BCUT2D eigenvalue weighted by Gasteiger charge is -2.06. The fourth-order valence-corrected chi connectivity index (χ4v) is 0.914. The monoisotopic (exact) mass is 193 g/mol. The molecular weight excluding hydrogens is 182 g/mol. The summed E-state index contributed by atoms with van der Waals surface area (Å²) in [6.45, 7) is 0. The molecule has 14 heavy (non-hydrogen) atoms. The average molecular weight is 193 g/mol. The van der Waals surface area contributed by atoms with Crippen LogP contribution in [0.4, 0.5) is 0 Å². The molecular formula is C9H11N3O2. The van der Waals surface area contributed by atoms with Crippen LogP contribution in [0.3, 0.4) is 0 Å². The van der Waals surface area contributed by atoms with Gasteiger partial charge in [-0.1, -0.05) is 0 Å². The summed E-state index contributed by atoms with van der Waals surface area (Å²) in [6.07, 6.45) is 2.33. The first-order valence-corrected chi connectivity index (χ1v) is 4.00. The topological polar surface area (TPSA) is 66.3 Å². The SMILES string of the molecule is CN(C)C=C(C=O)c1ccc(O)nn1. The van der Waals surface area contributed by atoms with Crippen LogP contribution in [-0.4, -0.2) is 40.6 Å². The van der Waals surface area contributed by atoms with E-state index in [0.29, 0.717) is 17.6 Å². The van der Waals surface area contributed by atoms with Crippen LogP contribution >= 0.6 is 0 Å². The van der Waals surface area contributed by atoms with Crippen molar-refractivity contribution in [2.45, 2.75) is 0 Å². The first-order valence-electron chi connectivity index (χ1n) is 4.00. The van der Waals surface area contributed by atoms with Crippen molar-refractivity contribution in [1.29, 1.82) is 0 Å². The predicted octanol–water partition coefficient (Wildman–Crippen LogP) is 0.284. The van der Waals surface area contributed by atoms with E-state index < -0.39 is 0 Å². The van der Waals surface area contributed by atoms with Gasteiger partial charge in [-0.15, -0.1) is 10.2 Å². The number of carbonyl (C=O) groups excluding carboxylic acids is 1. The second-order valence-electron chi connectivity index (χ2n) is 2.94. The fraction of sp³-hybridized carbons (Fsp3) is 0.222. The van der Waals surface area contributed by atoms with Crippen LogP contribution in [-0.2, 0) is 4.79 Å². The normalized spacial score (nSPS) is 11.1. The predicted molar refractivity (Wildman–Crippen MR) is 51.4 cm³/mol. The average Bonchev–Trinajstić information content (AvgIpc) is 2.15. The lowest BCUT2D eigenvalue weighted by molar-refractivity contribution is -0.103. The molecule has 0 aliphatic heterocycles. The third-order valence-corrected chi connectivity index (χ3v) is 1.47. The van der Waals surface area contributed by atoms with Gasteiger partial charge in [0.05, 0.1) is 11.3 Å². The Balaban J connectivity index is 3.01. The van der Waals surface area contributed by atoms with Gasteiger partial charge < -0.3 is 10.0 Å². The Hall–Kier alpha value is -1.91.